The number of amides is 1. The minimum Gasteiger partial charge on any atom is -0.483 e. The lowest BCUT2D eigenvalue weighted by atomic mass is 9.97. The van der Waals surface area contributed by atoms with Crippen LogP contribution in [-0.2, 0) is 21.4 Å². The van der Waals surface area contributed by atoms with Crippen LogP contribution in [0, 0.1) is 5.92 Å². The number of aryl methyl sites for hydroxylation is 1. The Morgan fingerprint density at radius 3 is 2.59 bits per heavy atom. The maximum Gasteiger partial charge on any atom is 0.309 e. The van der Waals surface area contributed by atoms with E-state index in [1.54, 1.807) is 23.4 Å². The summed E-state index contributed by atoms with van der Waals surface area (Å²) >= 11 is 0. The molecule has 1 aromatic heterocycles. The monoisotopic (exact) mass is 372 g/mol. The van der Waals surface area contributed by atoms with Gasteiger partial charge >= 0.3 is 5.97 Å². The quantitative estimate of drug-likeness (QED) is 0.747. The number of hydrogen-bond donors (Lipinski definition) is 0. The third-order valence-electron chi connectivity index (χ3n) is 4.93. The predicted octanol–water partition coefficient (Wildman–Crippen LogP) is 1.72. The minimum atomic E-state index is -0.189. The van der Waals surface area contributed by atoms with Gasteiger partial charge in [-0.3, -0.25) is 14.4 Å². The number of ether oxygens (including phenoxy) is 2. The Morgan fingerprint density at radius 2 is 1.89 bits per heavy atom. The van der Waals surface area contributed by atoms with Crippen molar-refractivity contribution in [3.05, 3.63) is 40.7 Å². The van der Waals surface area contributed by atoms with E-state index in [0.717, 1.165) is 10.9 Å². The Morgan fingerprint density at radius 1 is 1.19 bits per heavy atom. The van der Waals surface area contributed by atoms with E-state index in [9.17, 15) is 14.4 Å². The molecule has 0 aliphatic carbocycles. The zero-order valence-corrected chi connectivity index (χ0v) is 15.6. The van der Waals surface area contributed by atoms with Gasteiger partial charge < -0.3 is 18.9 Å². The molecule has 2 aromatic rings. The van der Waals surface area contributed by atoms with Crippen LogP contribution in [0.1, 0.15) is 19.8 Å². The highest BCUT2D eigenvalue weighted by Crippen LogP contribution is 2.23. The highest BCUT2D eigenvalue weighted by molar-refractivity contribution is 5.86. The molecule has 0 saturated carbocycles. The molecular weight excluding hydrogens is 348 g/mol. The molecule has 144 valence electrons. The first kappa shape index (κ1) is 18.9. The van der Waals surface area contributed by atoms with Gasteiger partial charge in [-0.2, -0.15) is 0 Å². The lowest BCUT2D eigenvalue weighted by Gasteiger charge is -2.30. The second-order valence-electron chi connectivity index (χ2n) is 6.62. The van der Waals surface area contributed by atoms with Gasteiger partial charge in [0.25, 0.3) is 11.5 Å². The lowest BCUT2D eigenvalue weighted by Crippen LogP contribution is -2.42. The zero-order chi connectivity index (χ0) is 19.4. The summed E-state index contributed by atoms with van der Waals surface area (Å²) in [6.45, 7) is 3.03. The van der Waals surface area contributed by atoms with Crippen molar-refractivity contribution in [3.63, 3.8) is 0 Å². The van der Waals surface area contributed by atoms with Crippen molar-refractivity contribution in [2.24, 2.45) is 13.0 Å². The van der Waals surface area contributed by atoms with Crippen LogP contribution in [0.5, 0.6) is 5.75 Å². The van der Waals surface area contributed by atoms with E-state index in [1.165, 1.54) is 6.07 Å². The number of benzene rings is 1. The van der Waals surface area contributed by atoms with E-state index in [-0.39, 0.29) is 30.0 Å². The third kappa shape index (κ3) is 4.13. The zero-order valence-electron chi connectivity index (χ0n) is 15.6. The number of aromatic nitrogens is 1. The van der Waals surface area contributed by atoms with Gasteiger partial charge in [0.2, 0.25) is 0 Å². The highest BCUT2D eigenvalue weighted by Gasteiger charge is 2.28. The Balaban J connectivity index is 1.62. The molecule has 1 aliphatic heterocycles. The molecule has 1 saturated heterocycles. The number of pyridine rings is 1. The van der Waals surface area contributed by atoms with Crippen LogP contribution in [0.3, 0.4) is 0 Å². The first-order valence-electron chi connectivity index (χ1n) is 9.17. The molecule has 1 aromatic carbocycles. The van der Waals surface area contributed by atoms with E-state index < -0.39 is 0 Å². The number of fused-ring (bicyclic) bond motifs is 1. The van der Waals surface area contributed by atoms with E-state index in [4.69, 9.17) is 9.47 Å². The number of nitrogens with zero attached hydrogens (tertiary/aromatic N) is 2. The molecule has 0 radical (unpaired) electrons. The molecule has 7 heteroatoms. The molecule has 1 amide bonds. The number of para-hydroxylation sites is 1. The Hall–Kier alpha value is -2.83. The Labute approximate surface area is 157 Å². The maximum atomic E-state index is 12.5. The summed E-state index contributed by atoms with van der Waals surface area (Å²) in [5.41, 5.74) is 0.564. The fraction of sp³-hybridized carbons (Fsp3) is 0.450. The van der Waals surface area contributed by atoms with Crippen molar-refractivity contribution in [2.45, 2.75) is 19.8 Å². The smallest absolute Gasteiger partial charge is 0.309 e. The van der Waals surface area contributed by atoms with Gasteiger partial charge in [-0.05, 0) is 31.9 Å². The largest absolute Gasteiger partial charge is 0.483 e. The molecule has 2 heterocycles. The minimum absolute atomic E-state index is 0.138. The Kier molecular flexibility index (Phi) is 5.78. The molecule has 1 aliphatic rings. The number of carbonyl (C=O) groups is 2. The number of piperidine rings is 1. The molecule has 7 nitrogen and oxygen atoms in total. The van der Waals surface area contributed by atoms with Crippen LogP contribution >= 0.6 is 0 Å². The van der Waals surface area contributed by atoms with Crippen molar-refractivity contribution in [2.75, 3.05) is 26.3 Å². The average molecular weight is 372 g/mol. The molecule has 27 heavy (non-hydrogen) atoms. The van der Waals surface area contributed by atoms with Crippen molar-refractivity contribution >= 4 is 22.8 Å². The summed E-state index contributed by atoms with van der Waals surface area (Å²) in [6, 6.07) is 8.82. The van der Waals surface area contributed by atoms with Crippen molar-refractivity contribution in [1.29, 1.82) is 0 Å². The number of rotatable bonds is 5. The van der Waals surface area contributed by atoms with Gasteiger partial charge in [0, 0.05) is 31.6 Å². The summed E-state index contributed by atoms with van der Waals surface area (Å²) < 4.78 is 12.3. The standard InChI is InChI=1S/C20H24N2O5/c1-3-26-20(25)14-8-10-22(11-9-14)19(24)13-27-17-12-18(23)21(2)16-7-5-4-6-15(16)17/h4-7,12,14H,3,8-11,13H2,1-2H3. The van der Waals surface area contributed by atoms with Crippen molar-refractivity contribution in [3.8, 4) is 5.75 Å². The fourth-order valence-electron chi connectivity index (χ4n) is 3.35. The van der Waals surface area contributed by atoms with Crippen molar-refractivity contribution < 1.29 is 19.1 Å². The van der Waals surface area contributed by atoms with Gasteiger partial charge in [-0.1, -0.05) is 12.1 Å². The van der Waals surface area contributed by atoms with Crippen LogP contribution in [0.25, 0.3) is 10.9 Å². The van der Waals surface area contributed by atoms with Gasteiger partial charge in [0.1, 0.15) is 5.75 Å². The van der Waals surface area contributed by atoms with Crippen LogP contribution in [0.15, 0.2) is 35.1 Å². The van der Waals surface area contributed by atoms with E-state index >= 15 is 0 Å². The number of carbonyl (C=O) groups excluding carboxylic acids is 2. The molecule has 0 unspecified atom stereocenters. The molecule has 1 fully saturated rings. The highest BCUT2D eigenvalue weighted by atomic mass is 16.5. The molecule has 3 rings (SSSR count). The summed E-state index contributed by atoms with van der Waals surface area (Å²) in [6.07, 6.45) is 1.19. The number of hydrogen-bond acceptors (Lipinski definition) is 5. The molecule has 0 bridgehead atoms. The normalized spacial score (nSPS) is 15.0. The second kappa shape index (κ2) is 8.24. The van der Waals surface area contributed by atoms with Gasteiger partial charge in [-0.15, -0.1) is 0 Å². The van der Waals surface area contributed by atoms with Gasteiger partial charge in [0.05, 0.1) is 18.0 Å². The maximum absolute atomic E-state index is 12.5. The SMILES string of the molecule is CCOC(=O)C1CCN(C(=O)COc2cc(=O)n(C)c3ccccc23)CC1. The van der Waals surface area contributed by atoms with Crippen LogP contribution in [0.4, 0.5) is 0 Å². The molecule has 0 spiro atoms. The third-order valence-corrected chi connectivity index (χ3v) is 4.93. The van der Waals surface area contributed by atoms with Crippen molar-refractivity contribution in [1.82, 2.24) is 9.47 Å². The topological polar surface area (TPSA) is 77.8 Å². The lowest BCUT2D eigenvalue weighted by molar-refractivity contribution is -0.151. The molecule has 0 N–H and O–H groups in total. The van der Waals surface area contributed by atoms with Crippen LogP contribution in [0.2, 0.25) is 0 Å². The number of esters is 1. The fourth-order valence-corrected chi connectivity index (χ4v) is 3.35. The first-order chi connectivity index (χ1) is 13.0. The summed E-state index contributed by atoms with van der Waals surface area (Å²) in [5.74, 6) is -0.0750. The summed E-state index contributed by atoms with van der Waals surface area (Å²) in [4.78, 5) is 38.0. The Bertz CT molecular complexity index is 897. The first-order valence-corrected chi connectivity index (χ1v) is 9.17. The molecular formula is C20H24N2O5. The van der Waals surface area contributed by atoms with Crippen LogP contribution < -0.4 is 10.3 Å². The van der Waals surface area contributed by atoms with E-state index in [0.29, 0.717) is 38.3 Å². The van der Waals surface area contributed by atoms with E-state index in [1.807, 2.05) is 24.3 Å². The van der Waals surface area contributed by atoms with Gasteiger partial charge in [0.15, 0.2) is 6.61 Å². The number of likely N-dealkylation sites (tertiary alicyclic amines) is 1. The average Bonchev–Trinajstić information content (AvgIpc) is 2.69. The molecule has 0 atom stereocenters. The predicted molar refractivity (Wildman–Crippen MR) is 101 cm³/mol. The van der Waals surface area contributed by atoms with Gasteiger partial charge in [-0.25, -0.2) is 0 Å². The summed E-state index contributed by atoms with van der Waals surface area (Å²) in [5, 5.41) is 0.786. The van der Waals surface area contributed by atoms with Crippen LogP contribution in [-0.4, -0.2) is 47.6 Å². The second-order valence-corrected chi connectivity index (χ2v) is 6.62. The van der Waals surface area contributed by atoms with E-state index in [2.05, 4.69) is 0 Å². The summed E-state index contributed by atoms with van der Waals surface area (Å²) in [7, 11) is 1.70.